The average molecular weight is 254 g/mol. The Bertz CT molecular complexity index is 261. The van der Waals surface area contributed by atoms with Crippen molar-refractivity contribution in [3.63, 3.8) is 0 Å². The summed E-state index contributed by atoms with van der Waals surface area (Å²) in [5, 5.41) is 3.39. The molecule has 0 radical (unpaired) electrons. The zero-order valence-corrected chi connectivity index (χ0v) is 12.7. The van der Waals surface area contributed by atoms with Crippen molar-refractivity contribution in [3.05, 3.63) is 0 Å². The molecule has 1 saturated heterocycles. The highest BCUT2D eigenvalue weighted by Gasteiger charge is 2.34. The van der Waals surface area contributed by atoms with Crippen LogP contribution in [0.5, 0.6) is 0 Å². The normalized spacial score (nSPS) is 23.9. The van der Waals surface area contributed by atoms with Crippen LogP contribution in [0.2, 0.25) is 0 Å². The average Bonchev–Trinajstić information content (AvgIpc) is 2.74. The zero-order chi connectivity index (χ0) is 13.7. The molecule has 1 aliphatic heterocycles. The van der Waals surface area contributed by atoms with Gasteiger partial charge in [-0.05, 0) is 38.6 Å². The molecule has 18 heavy (non-hydrogen) atoms. The lowest BCUT2D eigenvalue weighted by Gasteiger charge is -2.35. The van der Waals surface area contributed by atoms with Gasteiger partial charge in [0.25, 0.3) is 0 Å². The van der Waals surface area contributed by atoms with E-state index in [1.165, 1.54) is 0 Å². The molecule has 1 amide bonds. The largest absolute Gasteiger partial charge is 0.339 e. The standard InChI is InChI=1S/C15H30N2O/c1-6-13(7-2)17(10-11(3)4)15(18)14-8-9-16-12(14)5/h11-14,16H,6-10H2,1-5H3. The fourth-order valence-corrected chi connectivity index (χ4v) is 2.95. The summed E-state index contributed by atoms with van der Waals surface area (Å²) in [4.78, 5) is 14.9. The lowest BCUT2D eigenvalue weighted by Crippen LogP contribution is -2.47. The maximum atomic E-state index is 12.7. The predicted molar refractivity (Wildman–Crippen MR) is 76.5 cm³/mol. The van der Waals surface area contributed by atoms with E-state index < -0.39 is 0 Å². The van der Waals surface area contributed by atoms with Crippen molar-refractivity contribution < 1.29 is 4.79 Å². The van der Waals surface area contributed by atoms with Crippen LogP contribution in [0.15, 0.2) is 0 Å². The first-order valence-electron chi connectivity index (χ1n) is 7.55. The van der Waals surface area contributed by atoms with Crippen LogP contribution in [0.3, 0.4) is 0 Å². The van der Waals surface area contributed by atoms with Gasteiger partial charge >= 0.3 is 0 Å². The molecule has 0 saturated carbocycles. The van der Waals surface area contributed by atoms with Crippen LogP contribution >= 0.6 is 0 Å². The number of nitrogens with one attached hydrogen (secondary N) is 1. The lowest BCUT2D eigenvalue weighted by molar-refractivity contribution is -0.139. The molecule has 0 aromatic heterocycles. The highest BCUT2D eigenvalue weighted by atomic mass is 16.2. The van der Waals surface area contributed by atoms with Crippen molar-refractivity contribution in [2.24, 2.45) is 11.8 Å². The fourth-order valence-electron chi connectivity index (χ4n) is 2.95. The summed E-state index contributed by atoms with van der Waals surface area (Å²) in [5.41, 5.74) is 0. The van der Waals surface area contributed by atoms with E-state index >= 15 is 0 Å². The van der Waals surface area contributed by atoms with E-state index in [1.54, 1.807) is 0 Å². The predicted octanol–water partition coefficient (Wildman–Crippen LogP) is 2.66. The Balaban J connectivity index is 2.77. The molecule has 0 aliphatic carbocycles. The summed E-state index contributed by atoms with van der Waals surface area (Å²) in [6, 6.07) is 0.745. The third kappa shape index (κ3) is 3.71. The summed E-state index contributed by atoms with van der Waals surface area (Å²) >= 11 is 0. The highest BCUT2D eigenvalue weighted by Crippen LogP contribution is 2.22. The maximum absolute atomic E-state index is 12.7. The SMILES string of the molecule is CCC(CC)N(CC(C)C)C(=O)C1CCNC1C. The molecule has 0 spiro atoms. The fraction of sp³-hybridized carbons (Fsp3) is 0.933. The number of nitrogens with zero attached hydrogens (tertiary/aromatic N) is 1. The molecule has 3 heteroatoms. The van der Waals surface area contributed by atoms with Crippen molar-refractivity contribution >= 4 is 5.91 Å². The van der Waals surface area contributed by atoms with Crippen LogP contribution in [-0.2, 0) is 4.79 Å². The summed E-state index contributed by atoms with van der Waals surface area (Å²) in [5.74, 6) is 1.10. The number of hydrogen-bond donors (Lipinski definition) is 1. The second-order valence-electron chi connectivity index (χ2n) is 5.99. The van der Waals surface area contributed by atoms with Gasteiger partial charge in [-0.15, -0.1) is 0 Å². The third-order valence-electron chi connectivity index (χ3n) is 4.07. The Labute approximate surface area is 112 Å². The molecule has 1 N–H and O–H groups in total. The van der Waals surface area contributed by atoms with Crippen molar-refractivity contribution in [1.29, 1.82) is 0 Å². The van der Waals surface area contributed by atoms with Crippen molar-refractivity contribution in [2.45, 2.75) is 66.0 Å². The Kier molecular flexibility index (Phi) is 6.13. The van der Waals surface area contributed by atoms with E-state index in [4.69, 9.17) is 0 Å². The van der Waals surface area contributed by atoms with Gasteiger partial charge in [-0.2, -0.15) is 0 Å². The van der Waals surface area contributed by atoms with Gasteiger partial charge in [-0.1, -0.05) is 27.7 Å². The van der Waals surface area contributed by atoms with Gasteiger partial charge in [0.15, 0.2) is 0 Å². The van der Waals surface area contributed by atoms with Crippen molar-refractivity contribution in [1.82, 2.24) is 10.2 Å². The van der Waals surface area contributed by atoms with E-state index in [-0.39, 0.29) is 5.92 Å². The maximum Gasteiger partial charge on any atom is 0.227 e. The number of amides is 1. The minimum Gasteiger partial charge on any atom is -0.339 e. The summed E-state index contributed by atoms with van der Waals surface area (Å²) in [7, 11) is 0. The van der Waals surface area contributed by atoms with Crippen LogP contribution in [-0.4, -0.2) is 36.0 Å². The van der Waals surface area contributed by atoms with Gasteiger partial charge in [-0.3, -0.25) is 4.79 Å². The Hall–Kier alpha value is -0.570. The van der Waals surface area contributed by atoms with Crippen LogP contribution in [0.25, 0.3) is 0 Å². The van der Waals surface area contributed by atoms with Gasteiger partial charge in [0.2, 0.25) is 5.91 Å². The molecule has 3 nitrogen and oxygen atoms in total. The first-order valence-corrected chi connectivity index (χ1v) is 7.55. The number of rotatable bonds is 6. The minimum absolute atomic E-state index is 0.185. The number of carbonyl (C=O) groups excluding carboxylic acids is 1. The minimum atomic E-state index is 0.185. The van der Waals surface area contributed by atoms with Crippen LogP contribution in [0, 0.1) is 11.8 Å². The van der Waals surface area contributed by atoms with Crippen molar-refractivity contribution in [3.8, 4) is 0 Å². The molecule has 1 fully saturated rings. The molecule has 106 valence electrons. The van der Waals surface area contributed by atoms with E-state index in [9.17, 15) is 4.79 Å². The quantitative estimate of drug-likeness (QED) is 0.790. The van der Waals surface area contributed by atoms with E-state index in [0.29, 0.717) is 23.9 Å². The molecule has 1 rings (SSSR count). The molecule has 1 heterocycles. The molecule has 2 atom stereocenters. The summed E-state index contributed by atoms with van der Waals surface area (Å²) in [6.07, 6.45) is 3.11. The first-order chi connectivity index (χ1) is 8.51. The van der Waals surface area contributed by atoms with E-state index in [0.717, 1.165) is 32.4 Å². The molecule has 0 aromatic carbocycles. The molecule has 0 aromatic rings. The molecule has 1 aliphatic rings. The molecule has 2 unspecified atom stereocenters. The second-order valence-corrected chi connectivity index (χ2v) is 5.99. The lowest BCUT2D eigenvalue weighted by atomic mass is 9.97. The topological polar surface area (TPSA) is 32.3 Å². The molecular weight excluding hydrogens is 224 g/mol. The van der Waals surface area contributed by atoms with Crippen LogP contribution in [0.1, 0.15) is 53.9 Å². The Morgan fingerprint density at radius 1 is 1.33 bits per heavy atom. The monoisotopic (exact) mass is 254 g/mol. The third-order valence-corrected chi connectivity index (χ3v) is 4.07. The highest BCUT2D eigenvalue weighted by molar-refractivity contribution is 5.80. The van der Waals surface area contributed by atoms with Crippen LogP contribution in [0.4, 0.5) is 0 Å². The Morgan fingerprint density at radius 2 is 1.94 bits per heavy atom. The van der Waals surface area contributed by atoms with Gasteiger partial charge in [0.05, 0.1) is 5.92 Å². The second kappa shape index (κ2) is 7.13. The molecule has 0 bridgehead atoms. The van der Waals surface area contributed by atoms with Crippen LogP contribution < -0.4 is 5.32 Å². The van der Waals surface area contributed by atoms with Gasteiger partial charge in [-0.25, -0.2) is 0 Å². The summed E-state index contributed by atoms with van der Waals surface area (Å²) in [6.45, 7) is 12.8. The number of carbonyl (C=O) groups is 1. The van der Waals surface area contributed by atoms with E-state index in [2.05, 4.69) is 44.8 Å². The van der Waals surface area contributed by atoms with Gasteiger partial charge in [0, 0.05) is 18.6 Å². The van der Waals surface area contributed by atoms with Gasteiger partial charge < -0.3 is 10.2 Å². The van der Waals surface area contributed by atoms with Crippen molar-refractivity contribution in [2.75, 3.05) is 13.1 Å². The first kappa shape index (κ1) is 15.5. The smallest absolute Gasteiger partial charge is 0.227 e. The number of hydrogen-bond acceptors (Lipinski definition) is 2. The zero-order valence-electron chi connectivity index (χ0n) is 12.7. The Morgan fingerprint density at radius 3 is 2.33 bits per heavy atom. The van der Waals surface area contributed by atoms with Gasteiger partial charge in [0.1, 0.15) is 0 Å². The summed E-state index contributed by atoms with van der Waals surface area (Å²) < 4.78 is 0. The van der Waals surface area contributed by atoms with E-state index in [1.807, 2.05) is 0 Å². The molecular formula is C15H30N2O.